The first-order valence-corrected chi connectivity index (χ1v) is 7.96. The van der Waals surface area contributed by atoms with Crippen LogP contribution >= 0.6 is 0 Å². The van der Waals surface area contributed by atoms with Gasteiger partial charge in [0.05, 0.1) is 17.6 Å². The molecule has 3 aromatic rings. The van der Waals surface area contributed by atoms with E-state index in [1.807, 2.05) is 36.5 Å². The van der Waals surface area contributed by atoms with Crippen molar-refractivity contribution in [1.29, 1.82) is 0 Å². The van der Waals surface area contributed by atoms with Crippen LogP contribution in [0.1, 0.15) is 45.6 Å². The number of hydrogen-bond acceptors (Lipinski definition) is 3. The predicted molar refractivity (Wildman–Crippen MR) is 92.8 cm³/mol. The first-order chi connectivity index (χ1) is 11.7. The van der Waals surface area contributed by atoms with Gasteiger partial charge in [-0.3, -0.25) is 0 Å². The minimum atomic E-state index is -0.305. The Morgan fingerprint density at radius 3 is 2.67 bits per heavy atom. The summed E-state index contributed by atoms with van der Waals surface area (Å²) in [6.07, 6.45) is 3.60. The number of nitrogens with one attached hydrogen (secondary N) is 1. The van der Waals surface area contributed by atoms with E-state index < -0.39 is 0 Å². The topological polar surface area (TPSA) is 55.0 Å². The van der Waals surface area contributed by atoms with Crippen LogP contribution in [-0.4, -0.2) is 15.9 Å². The van der Waals surface area contributed by atoms with E-state index in [9.17, 15) is 4.79 Å². The smallest absolute Gasteiger partial charge is 0.338 e. The standard InChI is InChI=1S/C20H20N2O2/c1-14-17(12-24-20(23)16-7-4-3-5-8-16)9-6-10-18(14)15(2)19-11-21-13-22-19/h3-11,13,15H,12H2,1-2H3,(H,21,22). The zero-order chi connectivity index (χ0) is 16.9. The van der Waals surface area contributed by atoms with Crippen LogP contribution in [0.15, 0.2) is 61.1 Å². The van der Waals surface area contributed by atoms with Gasteiger partial charge in [-0.15, -0.1) is 0 Å². The number of rotatable bonds is 5. The van der Waals surface area contributed by atoms with Crippen molar-refractivity contribution < 1.29 is 9.53 Å². The predicted octanol–water partition coefficient (Wildman–Crippen LogP) is 4.23. The lowest BCUT2D eigenvalue weighted by Crippen LogP contribution is -2.07. The normalized spacial score (nSPS) is 11.9. The molecule has 1 N–H and O–H groups in total. The van der Waals surface area contributed by atoms with Crippen LogP contribution in [-0.2, 0) is 11.3 Å². The summed E-state index contributed by atoms with van der Waals surface area (Å²) in [7, 11) is 0. The SMILES string of the molecule is Cc1c(COC(=O)c2ccccc2)cccc1C(C)c1c[nH]cn1. The number of aromatic nitrogens is 2. The monoisotopic (exact) mass is 320 g/mol. The Morgan fingerprint density at radius 2 is 1.96 bits per heavy atom. The third-order valence-electron chi connectivity index (χ3n) is 4.29. The molecule has 4 nitrogen and oxygen atoms in total. The van der Waals surface area contributed by atoms with Gasteiger partial charge in [-0.25, -0.2) is 9.78 Å². The molecule has 0 amide bonds. The summed E-state index contributed by atoms with van der Waals surface area (Å²) < 4.78 is 5.46. The summed E-state index contributed by atoms with van der Waals surface area (Å²) in [6, 6.07) is 15.1. The molecule has 0 aliphatic carbocycles. The zero-order valence-corrected chi connectivity index (χ0v) is 13.8. The molecule has 24 heavy (non-hydrogen) atoms. The Labute approximate surface area is 141 Å². The van der Waals surface area contributed by atoms with Crippen LogP contribution in [0, 0.1) is 6.92 Å². The van der Waals surface area contributed by atoms with Gasteiger partial charge in [0.1, 0.15) is 6.61 Å². The zero-order valence-electron chi connectivity index (χ0n) is 13.8. The molecular formula is C20H20N2O2. The first kappa shape index (κ1) is 16.0. The molecule has 0 aliphatic rings. The molecular weight excluding hydrogens is 300 g/mol. The summed E-state index contributed by atoms with van der Waals surface area (Å²) in [4.78, 5) is 19.4. The Morgan fingerprint density at radius 1 is 1.17 bits per heavy atom. The molecule has 1 unspecified atom stereocenters. The highest BCUT2D eigenvalue weighted by Gasteiger charge is 2.15. The maximum atomic E-state index is 12.1. The Bertz CT molecular complexity index is 811. The molecule has 0 radical (unpaired) electrons. The van der Waals surface area contributed by atoms with Crippen LogP contribution < -0.4 is 0 Å². The van der Waals surface area contributed by atoms with Gasteiger partial charge in [-0.1, -0.05) is 43.3 Å². The molecule has 0 bridgehead atoms. The number of ether oxygens (including phenoxy) is 1. The lowest BCUT2D eigenvalue weighted by Gasteiger charge is -2.16. The van der Waals surface area contributed by atoms with Crippen LogP contribution in [0.3, 0.4) is 0 Å². The Balaban J connectivity index is 1.75. The quantitative estimate of drug-likeness (QED) is 0.716. The van der Waals surface area contributed by atoms with E-state index in [1.54, 1.807) is 18.5 Å². The summed E-state index contributed by atoms with van der Waals surface area (Å²) in [6.45, 7) is 4.45. The second kappa shape index (κ2) is 7.13. The number of imidazole rings is 1. The largest absolute Gasteiger partial charge is 0.457 e. The summed E-state index contributed by atoms with van der Waals surface area (Å²) in [5.74, 6) is -0.123. The maximum Gasteiger partial charge on any atom is 0.338 e. The minimum absolute atomic E-state index is 0.182. The van der Waals surface area contributed by atoms with E-state index in [0.717, 1.165) is 16.8 Å². The average Bonchev–Trinajstić information content (AvgIpc) is 3.15. The summed E-state index contributed by atoms with van der Waals surface area (Å²) in [5, 5.41) is 0. The van der Waals surface area contributed by atoms with Crippen molar-refractivity contribution in [2.75, 3.05) is 0 Å². The molecule has 1 heterocycles. The molecule has 0 spiro atoms. The third kappa shape index (κ3) is 3.38. The highest BCUT2D eigenvalue weighted by molar-refractivity contribution is 5.89. The van der Waals surface area contributed by atoms with Crippen LogP contribution in [0.4, 0.5) is 0 Å². The van der Waals surface area contributed by atoms with Crippen molar-refractivity contribution in [3.8, 4) is 0 Å². The Kier molecular flexibility index (Phi) is 4.75. The van der Waals surface area contributed by atoms with E-state index in [-0.39, 0.29) is 18.5 Å². The number of H-pyrrole nitrogens is 1. The van der Waals surface area contributed by atoms with Gasteiger partial charge >= 0.3 is 5.97 Å². The van der Waals surface area contributed by atoms with Crippen molar-refractivity contribution in [2.45, 2.75) is 26.4 Å². The Hall–Kier alpha value is -2.88. The number of esters is 1. The first-order valence-electron chi connectivity index (χ1n) is 7.96. The second-order valence-corrected chi connectivity index (χ2v) is 5.79. The fourth-order valence-electron chi connectivity index (χ4n) is 2.80. The van der Waals surface area contributed by atoms with Crippen LogP contribution in [0.25, 0.3) is 0 Å². The van der Waals surface area contributed by atoms with Crippen LogP contribution in [0.5, 0.6) is 0 Å². The summed E-state index contributed by atoms with van der Waals surface area (Å²) in [5.41, 5.74) is 4.90. The third-order valence-corrected chi connectivity index (χ3v) is 4.29. The van der Waals surface area contributed by atoms with Gasteiger partial charge in [-0.2, -0.15) is 0 Å². The van der Waals surface area contributed by atoms with Crippen molar-refractivity contribution in [3.05, 3.63) is 89.0 Å². The second-order valence-electron chi connectivity index (χ2n) is 5.79. The fraction of sp³-hybridized carbons (Fsp3) is 0.200. The van der Waals surface area contributed by atoms with E-state index in [1.165, 1.54) is 5.56 Å². The van der Waals surface area contributed by atoms with E-state index in [2.05, 4.69) is 29.9 Å². The minimum Gasteiger partial charge on any atom is -0.457 e. The van der Waals surface area contributed by atoms with E-state index >= 15 is 0 Å². The maximum absolute atomic E-state index is 12.1. The van der Waals surface area contributed by atoms with Gasteiger partial charge in [0, 0.05) is 12.1 Å². The number of carbonyl (C=O) groups excluding carboxylic acids is 1. The molecule has 3 rings (SSSR count). The van der Waals surface area contributed by atoms with Crippen molar-refractivity contribution in [2.24, 2.45) is 0 Å². The molecule has 0 saturated carbocycles. The highest BCUT2D eigenvalue weighted by atomic mass is 16.5. The van der Waals surface area contributed by atoms with E-state index in [4.69, 9.17) is 4.74 Å². The average molecular weight is 320 g/mol. The number of benzene rings is 2. The molecule has 0 saturated heterocycles. The van der Waals surface area contributed by atoms with Gasteiger partial charge in [0.15, 0.2) is 0 Å². The molecule has 1 aromatic heterocycles. The molecule has 1 atom stereocenters. The van der Waals surface area contributed by atoms with Crippen molar-refractivity contribution >= 4 is 5.97 Å². The van der Waals surface area contributed by atoms with E-state index in [0.29, 0.717) is 5.56 Å². The molecule has 122 valence electrons. The number of aromatic amines is 1. The molecule has 4 heteroatoms. The van der Waals surface area contributed by atoms with Crippen molar-refractivity contribution in [1.82, 2.24) is 9.97 Å². The van der Waals surface area contributed by atoms with Gasteiger partial charge in [0.2, 0.25) is 0 Å². The lowest BCUT2D eigenvalue weighted by atomic mass is 9.91. The van der Waals surface area contributed by atoms with Crippen LogP contribution in [0.2, 0.25) is 0 Å². The number of hydrogen-bond donors (Lipinski definition) is 1. The molecule has 2 aromatic carbocycles. The highest BCUT2D eigenvalue weighted by Crippen LogP contribution is 2.27. The van der Waals surface area contributed by atoms with Gasteiger partial charge in [-0.05, 0) is 35.7 Å². The summed E-state index contributed by atoms with van der Waals surface area (Å²) >= 11 is 0. The van der Waals surface area contributed by atoms with Gasteiger partial charge in [0.25, 0.3) is 0 Å². The molecule has 0 fully saturated rings. The van der Waals surface area contributed by atoms with Gasteiger partial charge < -0.3 is 9.72 Å². The molecule has 0 aliphatic heterocycles. The lowest BCUT2D eigenvalue weighted by molar-refractivity contribution is 0.0472. The number of carbonyl (C=O) groups is 1. The number of nitrogens with zero attached hydrogens (tertiary/aromatic N) is 1. The fourth-order valence-corrected chi connectivity index (χ4v) is 2.80. The van der Waals surface area contributed by atoms with Crippen molar-refractivity contribution in [3.63, 3.8) is 0 Å².